The molecule has 1 aromatic rings. The van der Waals surface area contributed by atoms with Crippen LogP contribution in [0.2, 0.25) is 5.02 Å². The van der Waals surface area contributed by atoms with Gasteiger partial charge < -0.3 is 4.90 Å². The molecule has 100 valence electrons. The van der Waals surface area contributed by atoms with E-state index in [0.717, 1.165) is 13.1 Å². The van der Waals surface area contributed by atoms with Crippen LogP contribution in [0.1, 0.15) is 38.2 Å². The van der Waals surface area contributed by atoms with E-state index in [1.54, 1.807) is 18.3 Å². The Balaban J connectivity index is 2.87. The van der Waals surface area contributed by atoms with Gasteiger partial charge in [-0.15, -0.1) is 0 Å². The lowest BCUT2D eigenvalue weighted by Crippen LogP contribution is -2.37. The molecule has 3 nitrogen and oxygen atoms in total. The average Bonchev–Trinajstić information content (AvgIpc) is 2.26. The molecule has 0 atom stereocenters. The summed E-state index contributed by atoms with van der Waals surface area (Å²) in [5.41, 5.74) is 0.420. The van der Waals surface area contributed by atoms with Gasteiger partial charge in [0.2, 0.25) is 0 Å². The predicted molar refractivity (Wildman–Crippen MR) is 74.8 cm³/mol. The first kappa shape index (κ1) is 15.0. The lowest BCUT2D eigenvalue weighted by atomic mass is 10.1. The zero-order chi connectivity index (χ0) is 13.7. The number of rotatable bonds is 5. The van der Waals surface area contributed by atoms with Crippen LogP contribution < -0.4 is 0 Å². The van der Waals surface area contributed by atoms with Crippen molar-refractivity contribution in [1.29, 1.82) is 0 Å². The molecule has 0 aliphatic heterocycles. The number of carbonyl (C=O) groups excluding carboxylic acids is 1. The van der Waals surface area contributed by atoms with Gasteiger partial charge in [-0.2, -0.15) is 0 Å². The summed E-state index contributed by atoms with van der Waals surface area (Å²) >= 11 is 5.89. The van der Waals surface area contributed by atoms with E-state index in [0.29, 0.717) is 22.6 Å². The Morgan fingerprint density at radius 3 is 2.28 bits per heavy atom. The molecule has 1 heterocycles. The number of hydrogen-bond acceptors (Lipinski definition) is 2. The van der Waals surface area contributed by atoms with Crippen LogP contribution in [-0.2, 0) is 0 Å². The van der Waals surface area contributed by atoms with Gasteiger partial charge in [0.25, 0.3) is 5.91 Å². The first-order valence-corrected chi connectivity index (χ1v) is 6.68. The number of halogens is 1. The van der Waals surface area contributed by atoms with Crippen LogP contribution in [-0.4, -0.2) is 28.9 Å². The molecule has 0 saturated heterocycles. The SMILES string of the molecule is CC(C)CN(CC(C)C)C(=O)c1cc(Cl)ccn1. The molecule has 0 unspecified atom stereocenters. The summed E-state index contributed by atoms with van der Waals surface area (Å²) < 4.78 is 0. The fourth-order valence-corrected chi connectivity index (χ4v) is 1.97. The molecular weight excluding hydrogens is 248 g/mol. The Kier molecular flexibility index (Phi) is 5.60. The molecular formula is C14H21ClN2O. The van der Waals surface area contributed by atoms with Gasteiger partial charge in [-0.25, -0.2) is 0 Å². The average molecular weight is 269 g/mol. The summed E-state index contributed by atoms with van der Waals surface area (Å²) in [7, 11) is 0. The minimum Gasteiger partial charge on any atom is -0.337 e. The summed E-state index contributed by atoms with van der Waals surface area (Å²) in [4.78, 5) is 18.3. The summed E-state index contributed by atoms with van der Waals surface area (Å²) in [5, 5.41) is 0.544. The molecule has 0 spiro atoms. The molecule has 0 bridgehead atoms. The van der Waals surface area contributed by atoms with E-state index in [1.807, 2.05) is 4.90 Å². The van der Waals surface area contributed by atoms with Crippen molar-refractivity contribution in [2.24, 2.45) is 11.8 Å². The molecule has 0 N–H and O–H groups in total. The highest BCUT2D eigenvalue weighted by Gasteiger charge is 2.19. The van der Waals surface area contributed by atoms with E-state index in [1.165, 1.54) is 0 Å². The number of carbonyl (C=O) groups is 1. The van der Waals surface area contributed by atoms with Crippen LogP contribution in [0.25, 0.3) is 0 Å². The molecule has 0 fully saturated rings. The van der Waals surface area contributed by atoms with E-state index >= 15 is 0 Å². The number of nitrogens with zero attached hydrogens (tertiary/aromatic N) is 2. The van der Waals surface area contributed by atoms with Gasteiger partial charge in [-0.1, -0.05) is 39.3 Å². The van der Waals surface area contributed by atoms with E-state index in [9.17, 15) is 4.79 Å². The van der Waals surface area contributed by atoms with Crippen molar-refractivity contribution in [3.8, 4) is 0 Å². The maximum atomic E-state index is 12.4. The van der Waals surface area contributed by atoms with Crippen molar-refractivity contribution in [3.63, 3.8) is 0 Å². The predicted octanol–water partition coefficient (Wildman–Crippen LogP) is 3.49. The van der Waals surface area contributed by atoms with Crippen LogP contribution in [0.15, 0.2) is 18.3 Å². The van der Waals surface area contributed by atoms with Crippen LogP contribution in [0.4, 0.5) is 0 Å². The highest BCUT2D eigenvalue weighted by Crippen LogP contribution is 2.12. The van der Waals surface area contributed by atoms with Gasteiger partial charge >= 0.3 is 0 Å². The third-order valence-electron chi connectivity index (χ3n) is 2.40. The summed E-state index contributed by atoms with van der Waals surface area (Å²) in [6.07, 6.45) is 1.57. The first-order valence-electron chi connectivity index (χ1n) is 6.31. The zero-order valence-corrected chi connectivity index (χ0v) is 12.2. The third-order valence-corrected chi connectivity index (χ3v) is 2.63. The fourth-order valence-electron chi connectivity index (χ4n) is 1.81. The second-order valence-corrected chi connectivity index (χ2v) is 5.79. The molecule has 0 aliphatic carbocycles. The first-order chi connectivity index (χ1) is 8.40. The van der Waals surface area contributed by atoms with E-state index in [2.05, 4.69) is 32.7 Å². The van der Waals surface area contributed by atoms with Gasteiger partial charge in [0.15, 0.2) is 0 Å². The third kappa shape index (κ3) is 4.65. The Hall–Kier alpha value is -1.09. The van der Waals surface area contributed by atoms with Crippen molar-refractivity contribution >= 4 is 17.5 Å². The van der Waals surface area contributed by atoms with Crippen molar-refractivity contribution in [3.05, 3.63) is 29.0 Å². The summed E-state index contributed by atoms with van der Waals surface area (Å²) in [6, 6.07) is 3.30. The van der Waals surface area contributed by atoms with Gasteiger partial charge in [0.05, 0.1) is 0 Å². The lowest BCUT2D eigenvalue weighted by Gasteiger charge is -2.26. The van der Waals surface area contributed by atoms with E-state index < -0.39 is 0 Å². The number of aromatic nitrogens is 1. The molecule has 1 rings (SSSR count). The van der Waals surface area contributed by atoms with Crippen LogP contribution >= 0.6 is 11.6 Å². The second kappa shape index (κ2) is 6.74. The van der Waals surface area contributed by atoms with Crippen molar-refractivity contribution in [2.75, 3.05) is 13.1 Å². The number of amides is 1. The topological polar surface area (TPSA) is 33.2 Å². The second-order valence-electron chi connectivity index (χ2n) is 5.36. The molecule has 4 heteroatoms. The van der Waals surface area contributed by atoms with Gasteiger partial charge in [-0.3, -0.25) is 9.78 Å². The highest BCUT2D eigenvalue weighted by molar-refractivity contribution is 6.30. The van der Waals surface area contributed by atoms with Crippen molar-refractivity contribution < 1.29 is 4.79 Å². The quantitative estimate of drug-likeness (QED) is 0.819. The molecule has 1 aromatic heterocycles. The van der Waals surface area contributed by atoms with Crippen molar-refractivity contribution in [1.82, 2.24) is 9.88 Å². The maximum absolute atomic E-state index is 12.4. The van der Waals surface area contributed by atoms with Crippen LogP contribution in [0.3, 0.4) is 0 Å². The number of hydrogen-bond donors (Lipinski definition) is 0. The largest absolute Gasteiger partial charge is 0.337 e. The minimum atomic E-state index is -0.0418. The smallest absolute Gasteiger partial charge is 0.272 e. The van der Waals surface area contributed by atoms with Gasteiger partial charge in [0, 0.05) is 24.3 Å². The molecule has 0 aliphatic rings. The Morgan fingerprint density at radius 2 is 1.83 bits per heavy atom. The number of pyridine rings is 1. The Bertz CT molecular complexity index is 395. The molecule has 18 heavy (non-hydrogen) atoms. The maximum Gasteiger partial charge on any atom is 0.272 e. The van der Waals surface area contributed by atoms with Crippen molar-refractivity contribution in [2.45, 2.75) is 27.7 Å². The molecule has 1 amide bonds. The Labute approximate surface area is 114 Å². The fraction of sp³-hybridized carbons (Fsp3) is 0.571. The van der Waals surface area contributed by atoms with E-state index in [-0.39, 0.29) is 5.91 Å². The van der Waals surface area contributed by atoms with Gasteiger partial charge in [-0.05, 0) is 24.0 Å². The monoisotopic (exact) mass is 268 g/mol. The lowest BCUT2D eigenvalue weighted by molar-refractivity contribution is 0.0709. The van der Waals surface area contributed by atoms with E-state index in [4.69, 9.17) is 11.6 Å². The normalized spacial score (nSPS) is 11.1. The standard InChI is InChI=1S/C14H21ClN2O/c1-10(2)8-17(9-11(3)4)14(18)13-7-12(15)5-6-16-13/h5-7,10-11H,8-9H2,1-4H3. The molecule has 0 radical (unpaired) electrons. The van der Waals surface area contributed by atoms with Crippen LogP contribution in [0.5, 0.6) is 0 Å². The van der Waals surface area contributed by atoms with Crippen LogP contribution in [0, 0.1) is 11.8 Å². The highest BCUT2D eigenvalue weighted by atomic mass is 35.5. The minimum absolute atomic E-state index is 0.0418. The summed E-state index contributed by atoms with van der Waals surface area (Å²) in [5.74, 6) is 0.832. The molecule has 0 aromatic carbocycles. The summed E-state index contributed by atoms with van der Waals surface area (Å²) in [6.45, 7) is 9.90. The zero-order valence-electron chi connectivity index (χ0n) is 11.5. The van der Waals surface area contributed by atoms with Gasteiger partial charge in [0.1, 0.15) is 5.69 Å². The Morgan fingerprint density at radius 1 is 1.28 bits per heavy atom. The molecule has 0 saturated carbocycles.